The highest BCUT2D eigenvalue weighted by atomic mass is 32.2. The van der Waals surface area contributed by atoms with Crippen molar-refractivity contribution in [3.05, 3.63) is 35.4 Å². The maximum Gasteiger partial charge on any atom is 0.254 e. The van der Waals surface area contributed by atoms with Crippen molar-refractivity contribution >= 4 is 40.8 Å². The fraction of sp³-hybridized carbons (Fsp3) is 0.250. The number of hydrazone groups is 1. The van der Waals surface area contributed by atoms with Crippen molar-refractivity contribution in [2.45, 2.75) is 11.6 Å². The minimum Gasteiger partial charge on any atom is -0.272 e. The normalized spacial score (nSPS) is 22.7. The van der Waals surface area contributed by atoms with Crippen LogP contribution in [0.3, 0.4) is 0 Å². The number of amidine groups is 1. The first kappa shape index (κ1) is 11.8. The molecule has 1 unspecified atom stereocenters. The first-order chi connectivity index (χ1) is 8.72. The second-order valence-corrected chi connectivity index (χ2v) is 6.44. The average molecular weight is 277 g/mol. The molecule has 92 valence electrons. The van der Waals surface area contributed by atoms with E-state index < -0.39 is 0 Å². The maximum absolute atomic E-state index is 11.4. The lowest BCUT2D eigenvalue weighted by atomic mass is 10.2. The third-order valence-corrected chi connectivity index (χ3v) is 5.00. The van der Waals surface area contributed by atoms with Crippen LogP contribution in [0.5, 0.6) is 0 Å². The molecule has 1 amide bonds. The molecular formula is C12H11N3OS2. The molecule has 2 aliphatic heterocycles. The number of hydrogen-bond donors (Lipinski definition) is 0. The van der Waals surface area contributed by atoms with Gasteiger partial charge in [-0.05, 0) is 24.2 Å². The highest BCUT2D eigenvalue weighted by Gasteiger charge is 2.38. The molecule has 0 bridgehead atoms. The number of amides is 1. The summed E-state index contributed by atoms with van der Waals surface area (Å²) < 4.78 is 0.0858. The van der Waals surface area contributed by atoms with Crippen molar-refractivity contribution in [3.8, 4) is 0 Å². The molecule has 4 nitrogen and oxygen atoms in total. The van der Waals surface area contributed by atoms with E-state index in [4.69, 9.17) is 0 Å². The number of nitrogens with zero attached hydrogens (tertiary/aromatic N) is 3. The van der Waals surface area contributed by atoms with E-state index >= 15 is 0 Å². The van der Waals surface area contributed by atoms with Gasteiger partial charge in [-0.25, -0.2) is 10.0 Å². The summed E-state index contributed by atoms with van der Waals surface area (Å²) >= 11 is 3.13. The minimum absolute atomic E-state index is 0.0676. The first-order valence-electron chi connectivity index (χ1n) is 5.52. The number of fused-ring (bicyclic) bond motifs is 1. The van der Waals surface area contributed by atoms with E-state index in [2.05, 4.69) is 17.0 Å². The van der Waals surface area contributed by atoms with Crippen LogP contribution in [-0.4, -0.2) is 32.8 Å². The standard InChI is InChI=1S/C12H11N3OS2/c1-8-2-4-9(5-3-8)6-13-11-14-15-10(16)7-17-12(15)18-11/h2-6,12H,7H2,1H3/b13-6+. The quantitative estimate of drug-likeness (QED) is 0.740. The molecule has 2 heterocycles. The Morgan fingerprint density at radius 3 is 2.94 bits per heavy atom. The minimum atomic E-state index is 0.0676. The third kappa shape index (κ3) is 2.30. The molecule has 0 saturated carbocycles. The van der Waals surface area contributed by atoms with Gasteiger partial charge in [-0.1, -0.05) is 29.8 Å². The van der Waals surface area contributed by atoms with Gasteiger partial charge < -0.3 is 0 Å². The van der Waals surface area contributed by atoms with E-state index in [1.165, 1.54) is 22.3 Å². The summed E-state index contributed by atoms with van der Waals surface area (Å²) in [6, 6.07) is 8.12. The largest absolute Gasteiger partial charge is 0.272 e. The summed E-state index contributed by atoms with van der Waals surface area (Å²) in [6.45, 7) is 2.05. The Morgan fingerprint density at radius 1 is 1.44 bits per heavy atom. The lowest BCUT2D eigenvalue weighted by Crippen LogP contribution is -2.21. The van der Waals surface area contributed by atoms with Gasteiger partial charge in [0.25, 0.3) is 5.91 Å². The Balaban J connectivity index is 1.72. The Bertz CT molecular complexity index is 539. The third-order valence-electron chi connectivity index (χ3n) is 2.61. The molecule has 0 aliphatic carbocycles. The number of hydrogen-bond acceptors (Lipinski definition) is 5. The predicted octanol–water partition coefficient (Wildman–Crippen LogP) is 2.29. The topological polar surface area (TPSA) is 45.0 Å². The molecule has 0 radical (unpaired) electrons. The molecule has 0 spiro atoms. The Morgan fingerprint density at radius 2 is 2.22 bits per heavy atom. The van der Waals surface area contributed by atoms with Gasteiger partial charge in [0.2, 0.25) is 5.17 Å². The van der Waals surface area contributed by atoms with E-state index in [-0.39, 0.29) is 10.6 Å². The molecule has 18 heavy (non-hydrogen) atoms. The summed E-state index contributed by atoms with van der Waals surface area (Å²) in [4.78, 5) is 15.8. The van der Waals surface area contributed by atoms with Gasteiger partial charge in [0, 0.05) is 6.21 Å². The van der Waals surface area contributed by atoms with Crippen molar-refractivity contribution < 1.29 is 4.79 Å². The molecular weight excluding hydrogens is 266 g/mol. The van der Waals surface area contributed by atoms with Crippen molar-refractivity contribution in [1.29, 1.82) is 0 Å². The number of aliphatic imine (C=N–C) groups is 1. The van der Waals surface area contributed by atoms with Gasteiger partial charge in [0.1, 0.15) is 0 Å². The molecule has 0 N–H and O–H groups in total. The van der Waals surface area contributed by atoms with Gasteiger partial charge in [-0.3, -0.25) is 4.79 Å². The van der Waals surface area contributed by atoms with Crippen LogP contribution in [0.4, 0.5) is 0 Å². The molecule has 1 fully saturated rings. The number of aryl methyl sites for hydroxylation is 1. The number of rotatable bonds is 1. The van der Waals surface area contributed by atoms with Crippen LogP contribution in [0.15, 0.2) is 34.4 Å². The molecule has 1 aromatic rings. The molecule has 2 aliphatic rings. The summed E-state index contributed by atoms with van der Waals surface area (Å²) in [6.07, 6.45) is 1.78. The van der Waals surface area contributed by atoms with Gasteiger partial charge in [-0.2, -0.15) is 0 Å². The van der Waals surface area contributed by atoms with Gasteiger partial charge in [0.05, 0.1) is 5.75 Å². The predicted molar refractivity (Wildman–Crippen MR) is 76.9 cm³/mol. The SMILES string of the molecule is Cc1ccc(/C=N/C2=NN3C(=O)CSC3S2)cc1. The number of thioether (sulfide) groups is 2. The molecule has 1 aromatic carbocycles. The molecule has 3 rings (SSSR count). The summed E-state index contributed by atoms with van der Waals surface area (Å²) in [5, 5.41) is 6.39. The van der Waals surface area contributed by atoms with Crippen LogP contribution < -0.4 is 0 Å². The zero-order chi connectivity index (χ0) is 12.5. The second-order valence-electron chi connectivity index (χ2n) is 4.03. The number of benzene rings is 1. The van der Waals surface area contributed by atoms with Crippen LogP contribution in [-0.2, 0) is 4.79 Å². The van der Waals surface area contributed by atoms with Crippen molar-refractivity contribution in [1.82, 2.24) is 5.01 Å². The lowest BCUT2D eigenvalue weighted by molar-refractivity contribution is -0.126. The van der Waals surface area contributed by atoms with Gasteiger partial charge >= 0.3 is 0 Å². The van der Waals surface area contributed by atoms with Crippen LogP contribution in [0.1, 0.15) is 11.1 Å². The van der Waals surface area contributed by atoms with E-state index in [0.717, 1.165) is 5.56 Å². The van der Waals surface area contributed by atoms with Crippen LogP contribution in [0.2, 0.25) is 0 Å². The zero-order valence-electron chi connectivity index (χ0n) is 9.74. The fourth-order valence-electron chi connectivity index (χ4n) is 1.63. The number of carbonyl (C=O) groups is 1. The number of carbonyl (C=O) groups excluding carboxylic acids is 1. The summed E-state index contributed by atoms with van der Waals surface area (Å²) in [5.74, 6) is 0.592. The van der Waals surface area contributed by atoms with E-state index in [9.17, 15) is 4.79 Å². The van der Waals surface area contributed by atoms with Crippen molar-refractivity contribution in [3.63, 3.8) is 0 Å². The zero-order valence-corrected chi connectivity index (χ0v) is 11.4. The van der Waals surface area contributed by atoms with Crippen LogP contribution in [0.25, 0.3) is 0 Å². The highest BCUT2D eigenvalue weighted by Crippen LogP contribution is 2.39. The van der Waals surface area contributed by atoms with E-state index in [1.54, 1.807) is 18.0 Å². The smallest absolute Gasteiger partial charge is 0.254 e. The Labute approximate surface area is 114 Å². The van der Waals surface area contributed by atoms with Crippen molar-refractivity contribution in [2.75, 3.05) is 5.75 Å². The molecule has 1 saturated heterocycles. The van der Waals surface area contributed by atoms with E-state index in [0.29, 0.717) is 10.9 Å². The fourth-order valence-corrected chi connectivity index (χ4v) is 3.78. The summed E-state index contributed by atoms with van der Waals surface area (Å²) in [7, 11) is 0. The first-order valence-corrected chi connectivity index (χ1v) is 7.45. The lowest BCUT2D eigenvalue weighted by Gasteiger charge is -2.06. The van der Waals surface area contributed by atoms with E-state index in [1.807, 2.05) is 24.3 Å². The van der Waals surface area contributed by atoms with Crippen molar-refractivity contribution in [2.24, 2.45) is 10.1 Å². The molecule has 1 atom stereocenters. The van der Waals surface area contributed by atoms with Gasteiger partial charge in [0.15, 0.2) is 4.71 Å². The van der Waals surface area contributed by atoms with Crippen LogP contribution >= 0.6 is 23.5 Å². The van der Waals surface area contributed by atoms with Gasteiger partial charge in [-0.15, -0.1) is 16.9 Å². The summed E-state index contributed by atoms with van der Waals surface area (Å²) in [5.41, 5.74) is 2.26. The second kappa shape index (κ2) is 4.78. The van der Waals surface area contributed by atoms with Crippen LogP contribution in [0, 0.1) is 6.92 Å². The molecule has 6 heteroatoms. The maximum atomic E-state index is 11.4. The monoisotopic (exact) mass is 277 g/mol. The Hall–Kier alpha value is -1.27. The average Bonchev–Trinajstić information content (AvgIpc) is 2.91. The molecule has 0 aromatic heterocycles. The Kier molecular flexibility index (Phi) is 3.13. The highest BCUT2D eigenvalue weighted by molar-refractivity contribution is 8.25.